The van der Waals surface area contributed by atoms with E-state index in [0.717, 1.165) is 0 Å². The molecule has 0 spiro atoms. The molecule has 0 unspecified atom stereocenters. The van der Waals surface area contributed by atoms with E-state index >= 15 is 0 Å². The van der Waals surface area contributed by atoms with Crippen LogP contribution in [-0.2, 0) is 4.79 Å². The molecule has 0 bridgehead atoms. The molecule has 4 nitrogen and oxygen atoms in total. The molecule has 1 aromatic carbocycles. The van der Waals surface area contributed by atoms with Crippen LogP contribution in [0.15, 0.2) is 30.3 Å². The van der Waals surface area contributed by atoms with E-state index in [-0.39, 0.29) is 12.3 Å². The van der Waals surface area contributed by atoms with E-state index in [1.165, 1.54) is 0 Å². The number of para-hydroxylation sites is 1. The minimum absolute atomic E-state index is 0.129. The molecule has 0 radical (unpaired) electrons. The van der Waals surface area contributed by atoms with Gasteiger partial charge in [-0.1, -0.05) is 18.2 Å². The quantitative estimate of drug-likeness (QED) is 0.775. The van der Waals surface area contributed by atoms with Gasteiger partial charge in [0, 0.05) is 18.0 Å². The number of carbonyl (C=O) groups is 2. The van der Waals surface area contributed by atoms with Crippen molar-refractivity contribution in [3.63, 3.8) is 0 Å². The van der Waals surface area contributed by atoms with E-state index < -0.39 is 11.9 Å². The van der Waals surface area contributed by atoms with Gasteiger partial charge < -0.3 is 5.32 Å². The van der Waals surface area contributed by atoms with Crippen molar-refractivity contribution in [3.8, 4) is 0 Å². The van der Waals surface area contributed by atoms with Gasteiger partial charge in [0.15, 0.2) is 0 Å². The largest absolute Gasteiger partial charge is 0.325 e. The third-order valence-electron chi connectivity index (χ3n) is 1.61. The van der Waals surface area contributed by atoms with Crippen LogP contribution in [0.4, 0.5) is 10.5 Å². The Hall–Kier alpha value is -1.55. The molecule has 0 fully saturated rings. The number of amides is 3. The highest BCUT2D eigenvalue weighted by atomic mass is 35.5. The highest BCUT2D eigenvalue weighted by molar-refractivity contribution is 6.19. The smallest absolute Gasteiger partial charge is 0.308 e. The molecule has 0 saturated carbocycles. The third-order valence-corrected chi connectivity index (χ3v) is 1.80. The summed E-state index contributed by atoms with van der Waals surface area (Å²) >= 11 is 5.35. The van der Waals surface area contributed by atoms with Crippen LogP contribution in [-0.4, -0.2) is 17.8 Å². The Balaban J connectivity index is 2.40. The summed E-state index contributed by atoms with van der Waals surface area (Å²) < 4.78 is 0. The number of urea groups is 1. The molecule has 1 aromatic rings. The van der Waals surface area contributed by atoms with Gasteiger partial charge in [-0.25, -0.2) is 4.79 Å². The Kier molecular flexibility index (Phi) is 4.63. The monoisotopic (exact) mass is 226 g/mol. The number of hydrogen-bond acceptors (Lipinski definition) is 2. The molecular formula is C10H11ClN2O2. The molecule has 0 atom stereocenters. The standard InChI is InChI=1S/C10H11ClN2O2/c11-7-6-9(14)13-10(15)12-8-4-2-1-3-5-8/h1-5H,6-7H2,(H2,12,13,14,15). The molecule has 0 saturated heterocycles. The van der Waals surface area contributed by atoms with Crippen molar-refractivity contribution in [1.29, 1.82) is 0 Å². The van der Waals surface area contributed by atoms with Gasteiger partial charge in [-0.2, -0.15) is 0 Å². The number of benzene rings is 1. The maximum absolute atomic E-state index is 11.2. The van der Waals surface area contributed by atoms with Crippen molar-refractivity contribution in [2.24, 2.45) is 0 Å². The van der Waals surface area contributed by atoms with Gasteiger partial charge in [0.25, 0.3) is 0 Å². The van der Waals surface area contributed by atoms with Crippen molar-refractivity contribution in [2.75, 3.05) is 11.2 Å². The van der Waals surface area contributed by atoms with Crippen LogP contribution in [0.5, 0.6) is 0 Å². The highest BCUT2D eigenvalue weighted by Crippen LogP contribution is 2.03. The van der Waals surface area contributed by atoms with Crippen LogP contribution >= 0.6 is 11.6 Å². The zero-order valence-corrected chi connectivity index (χ0v) is 8.75. The summed E-state index contributed by atoms with van der Waals surface area (Å²) in [5.41, 5.74) is 0.633. The minimum Gasteiger partial charge on any atom is -0.308 e. The van der Waals surface area contributed by atoms with Gasteiger partial charge in [0.1, 0.15) is 0 Å². The third kappa shape index (κ3) is 4.46. The minimum atomic E-state index is -0.545. The summed E-state index contributed by atoms with van der Waals surface area (Å²) in [4.78, 5) is 22.2. The number of rotatable bonds is 3. The van der Waals surface area contributed by atoms with Crippen molar-refractivity contribution < 1.29 is 9.59 Å². The molecule has 5 heteroatoms. The first-order valence-corrected chi connectivity index (χ1v) is 4.97. The predicted molar refractivity (Wildman–Crippen MR) is 58.9 cm³/mol. The highest BCUT2D eigenvalue weighted by Gasteiger charge is 2.06. The zero-order valence-electron chi connectivity index (χ0n) is 8.00. The van der Waals surface area contributed by atoms with Crippen LogP contribution in [0.2, 0.25) is 0 Å². The maximum atomic E-state index is 11.2. The Morgan fingerprint density at radius 3 is 2.47 bits per heavy atom. The van der Waals surface area contributed by atoms with E-state index in [9.17, 15) is 9.59 Å². The van der Waals surface area contributed by atoms with Crippen LogP contribution in [0.25, 0.3) is 0 Å². The molecule has 0 aromatic heterocycles. The van der Waals surface area contributed by atoms with E-state index in [2.05, 4.69) is 10.6 Å². The van der Waals surface area contributed by atoms with E-state index in [1.54, 1.807) is 24.3 Å². The molecule has 1 rings (SSSR count). The first-order valence-electron chi connectivity index (χ1n) is 4.44. The molecule has 80 valence electrons. The molecule has 0 aliphatic carbocycles. The molecule has 3 amide bonds. The van der Waals surface area contributed by atoms with E-state index in [0.29, 0.717) is 5.69 Å². The van der Waals surface area contributed by atoms with Crippen LogP contribution in [0, 0.1) is 0 Å². The van der Waals surface area contributed by atoms with Crippen LogP contribution in [0.3, 0.4) is 0 Å². The fraction of sp³-hybridized carbons (Fsp3) is 0.200. The number of imide groups is 1. The SMILES string of the molecule is O=C(CCCl)NC(=O)Nc1ccccc1. The summed E-state index contributed by atoms with van der Waals surface area (Å²) in [5, 5.41) is 4.67. The number of anilines is 1. The molecule has 0 aliphatic rings. The topological polar surface area (TPSA) is 58.2 Å². The lowest BCUT2D eigenvalue weighted by molar-refractivity contribution is -0.119. The molecular weight excluding hydrogens is 216 g/mol. The Morgan fingerprint density at radius 1 is 1.20 bits per heavy atom. The van der Waals surface area contributed by atoms with Crippen molar-refractivity contribution >= 4 is 29.2 Å². The van der Waals surface area contributed by atoms with E-state index in [4.69, 9.17) is 11.6 Å². The lowest BCUT2D eigenvalue weighted by Gasteiger charge is -2.05. The number of nitrogens with one attached hydrogen (secondary N) is 2. The number of carbonyl (C=O) groups excluding carboxylic acids is 2. The predicted octanol–water partition coefficient (Wildman–Crippen LogP) is 1.96. The zero-order chi connectivity index (χ0) is 11.1. The molecule has 2 N–H and O–H groups in total. The van der Waals surface area contributed by atoms with Gasteiger partial charge in [-0.3, -0.25) is 10.1 Å². The van der Waals surface area contributed by atoms with Gasteiger partial charge >= 0.3 is 6.03 Å². The van der Waals surface area contributed by atoms with Gasteiger partial charge in [-0.05, 0) is 12.1 Å². The second-order valence-electron chi connectivity index (χ2n) is 2.81. The summed E-state index contributed by atoms with van der Waals surface area (Å²) in [6.07, 6.45) is 0.129. The summed E-state index contributed by atoms with van der Waals surface area (Å²) in [7, 11) is 0. The van der Waals surface area contributed by atoms with Gasteiger partial charge in [-0.15, -0.1) is 11.6 Å². The second kappa shape index (κ2) is 6.03. The first kappa shape index (κ1) is 11.5. The van der Waals surface area contributed by atoms with Gasteiger partial charge in [0.2, 0.25) is 5.91 Å². The normalized spacial score (nSPS) is 9.40. The summed E-state index contributed by atoms with van der Waals surface area (Å²) in [6, 6.07) is 8.32. The Bertz CT molecular complexity index is 341. The number of hydrogen-bond donors (Lipinski definition) is 2. The summed E-state index contributed by atoms with van der Waals surface area (Å²) in [6.45, 7) is 0. The Labute approximate surface area is 92.6 Å². The Morgan fingerprint density at radius 2 is 1.87 bits per heavy atom. The van der Waals surface area contributed by atoms with Gasteiger partial charge in [0.05, 0.1) is 0 Å². The van der Waals surface area contributed by atoms with Crippen LogP contribution < -0.4 is 10.6 Å². The second-order valence-corrected chi connectivity index (χ2v) is 3.19. The van der Waals surface area contributed by atoms with E-state index in [1.807, 2.05) is 6.07 Å². The maximum Gasteiger partial charge on any atom is 0.325 e. The van der Waals surface area contributed by atoms with Crippen LogP contribution in [0.1, 0.15) is 6.42 Å². The molecule has 15 heavy (non-hydrogen) atoms. The molecule has 0 aliphatic heterocycles. The van der Waals surface area contributed by atoms with Crippen molar-refractivity contribution in [3.05, 3.63) is 30.3 Å². The first-order chi connectivity index (χ1) is 7.22. The summed E-state index contributed by atoms with van der Waals surface area (Å²) in [5.74, 6) is -0.191. The lowest BCUT2D eigenvalue weighted by atomic mass is 10.3. The fourth-order valence-corrected chi connectivity index (χ4v) is 1.13. The van der Waals surface area contributed by atoms with Crippen molar-refractivity contribution in [2.45, 2.75) is 6.42 Å². The van der Waals surface area contributed by atoms with Crippen molar-refractivity contribution in [1.82, 2.24) is 5.32 Å². The lowest BCUT2D eigenvalue weighted by Crippen LogP contribution is -2.34. The number of alkyl halides is 1. The number of halogens is 1. The molecule has 0 heterocycles. The average Bonchev–Trinajstić information content (AvgIpc) is 2.19. The average molecular weight is 227 g/mol. The fourth-order valence-electron chi connectivity index (χ4n) is 0.959.